The second-order valence-electron chi connectivity index (χ2n) is 6.86. The molecule has 1 N–H and O–H groups in total. The number of hydrogen-bond acceptors (Lipinski definition) is 3. The summed E-state index contributed by atoms with van der Waals surface area (Å²) in [5.41, 5.74) is 2.80. The van der Waals surface area contributed by atoms with Crippen LogP contribution in [0.2, 0.25) is 0 Å². The molecule has 2 aromatic rings. The molecule has 0 aliphatic heterocycles. The van der Waals surface area contributed by atoms with E-state index < -0.39 is 18.1 Å². The lowest BCUT2D eigenvalue weighted by Crippen LogP contribution is -2.42. The van der Waals surface area contributed by atoms with E-state index in [0.29, 0.717) is 18.5 Å². The predicted molar refractivity (Wildman–Crippen MR) is 95.9 cm³/mol. The van der Waals surface area contributed by atoms with E-state index in [0.717, 1.165) is 16.1 Å². The van der Waals surface area contributed by atoms with Crippen molar-refractivity contribution < 1.29 is 18.0 Å². The summed E-state index contributed by atoms with van der Waals surface area (Å²) in [5, 5.41) is 5.41. The summed E-state index contributed by atoms with van der Waals surface area (Å²) in [6, 6.07) is 7.57. The number of alkyl halides is 3. The van der Waals surface area contributed by atoms with Gasteiger partial charge in [0.1, 0.15) is 5.01 Å². The largest absolute Gasteiger partial charge is 0.391 e. The normalized spacial score (nSPS) is 20.8. The van der Waals surface area contributed by atoms with Crippen LogP contribution in [0.5, 0.6) is 0 Å². The molecule has 140 valence electrons. The van der Waals surface area contributed by atoms with Crippen molar-refractivity contribution in [2.45, 2.75) is 51.2 Å². The highest BCUT2D eigenvalue weighted by atomic mass is 32.1. The third-order valence-electron chi connectivity index (χ3n) is 4.69. The number of hydrogen-bond donors (Lipinski definition) is 1. The van der Waals surface area contributed by atoms with Crippen molar-refractivity contribution >= 4 is 17.2 Å². The molecule has 0 unspecified atom stereocenters. The van der Waals surface area contributed by atoms with Gasteiger partial charge in [-0.15, -0.1) is 11.3 Å². The fourth-order valence-corrected chi connectivity index (χ4v) is 4.10. The highest BCUT2D eigenvalue weighted by Gasteiger charge is 2.42. The molecule has 0 spiro atoms. The zero-order valence-corrected chi connectivity index (χ0v) is 15.3. The Balaban J connectivity index is 1.56. The van der Waals surface area contributed by atoms with Crippen LogP contribution in [0, 0.1) is 12.8 Å². The molecular weight excluding hydrogens is 361 g/mol. The second-order valence-corrected chi connectivity index (χ2v) is 7.71. The van der Waals surface area contributed by atoms with Crippen LogP contribution in [0.3, 0.4) is 0 Å². The first-order chi connectivity index (χ1) is 12.3. The average Bonchev–Trinajstić information content (AvgIpc) is 3.03. The van der Waals surface area contributed by atoms with Gasteiger partial charge in [0.25, 0.3) is 0 Å². The summed E-state index contributed by atoms with van der Waals surface area (Å²) >= 11 is 1.46. The molecule has 1 aliphatic carbocycles. The fraction of sp³-hybridized carbons (Fsp3) is 0.474. The summed E-state index contributed by atoms with van der Waals surface area (Å²) in [4.78, 5) is 16.7. The van der Waals surface area contributed by atoms with Crippen LogP contribution < -0.4 is 5.32 Å². The van der Waals surface area contributed by atoms with Gasteiger partial charge in [-0.05, 0) is 26.2 Å². The number of nitrogens with one attached hydrogen (secondary N) is 1. The van der Waals surface area contributed by atoms with Gasteiger partial charge in [-0.3, -0.25) is 4.79 Å². The minimum atomic E-state index is -4.18. The zero-order chi connectivity index (χ0) is 18.7. The van der Waals surface area contributed by atoms with Gasteiger partial charge in [0, 0.05) is 17.0 Å². The van der Waals surface area contributed by atoms with Crippen LogP contribution in [0.4, 0.5) is 13.2 Å². The van der Waals surface area contributed by atoms with Crippen molar-refractivity contribution in [1.29, 1.82) is 0 Å². The molecule has 1 aromatic carbocycles. The Morgan fingerprint density at radius 3 is 2.69 bits per heavy atom. The van der Waals surface area contributed by atoms with Crippen molar-refractivity contribution in [3.05, 3.63) is 40.9 Å². The quantitative estimate of drug-likeness (QED) is 0.817. The molecule has 0 radical (unpaired) electrons. The van der Waals surface area contributed by atoms with Crippen molar-refractivity contribution in [3.63, 3.8) is 0 Å². The first kappa shape index (κ1) is 18.9. The van der Waals surface area contributed by atoms with Crippen LogP contribution in [-0.2, 0) is 11.2 Å². The molecule has 1 aromatic heterocycles. The summed E-state index contributed by atoms with van der Waals surface area (Å²) in [5.74, 6) is -1.58. The van der Waals surface area contributed by atoms with Crippen molar-refractivity contribution in [2.24, 2.45) is 5.92 Å². The molecule has 1 aliphatic rings. The van der Waals surface area contributed by atoms with Gasteiger partial charge >= 0.3 is 6.18 Å². The third kappa shape index (κ3) is 4.84. The van der Waals surface area contributed by atoms with Gasteiger partial charge in [0.2, 0.25) is 5.91 Å². The van der Waals surface area contributed by atoms with Crippen LogP contribution in [0.15, 0.2) is 29.6 Å². The zero-order valence-electron chi connectivity index (χ0n) is 14.5. The van der Waals surface area contributed by atoms with Crippen molar-refractivity contribution in [2.75, 3.05) is 0 Å². The lowest BCUT2D eigenvalue weighted by Gasteiger charge is -2.31. The second kappa shape index (κ2) is 7.78. The predicted octanol–water partition coefficient (Wildman–Crippen LogP) is 4.90. The lowest BCUT2D eigenvalue weighted by molar-refractivity contribution is -0.184. The average molecular weight is 382 g/mol. The number of halogens is 3. The first-order valence-corrected chi connectivity index (χ1v) is 9.57. The standard InChI is InChI=1S/C19H21F3N2OS/c1-12-5-7-13(8-6-12)18-24-16(11-26-18)10-17(25)23-15-4-2-3-14(9-15)19(20,21)22/h5-8,11,14-15H,2-4,9-10H2,1H3,(H,23,25)/t14-,15+/m0/s1. The number of rotatable bonds is 4. The Bertz CT molecular complexity index is 755. The van der Waals surface area contributed by atoms with Gasteiger partial charge in [-0.1, -0.05) is 36.2 Å². The maximum absolute atomic E-state index is 12.9. The Morgan fingerprint density at radius 1 is 1.27 bits per heavy atom. The SMILES string of the molecule is Cc1ccc(-c2nc(CC(=O)N[C@@H]3CCC[C@H](C(F)(F)F)C3)cs2)cc1. The first-order valence-electron chi connectivity index (χ1n) is 8.69. The van der Waals surface area contributed by atoms with Crippen LogP contribution in [-0.4, -0.2) is 23.1 Å². The number of amides is 1. The molecule has 3 rings (SSSR count). The van der Waals surface area contributed by atoms with Gasteiger partial charge in [0.05, 0.1) is 18.0 Å². The van der Waals surface area contributed by atoms with E-state index in [1.165, 1.54) is 11.3 Å². The molecule has 0 saturated heterocycles. The molecular formula is C19H21F3N2OS. The van der Waals surface area contributed by atoms with Gasteiger partial charge < -0.3 is 5.32 Å². The summed E-state index contributed by atoms with van der Waals surface area (Å²) < 4.78 is 38.6. The Hall–Kier alpha value is -1.89. The van der Waals surface area contributed by atoms with E-state index in [2.05, 4.69) is 10.3 Å². The van der Waals surface area contributed by atoms with Gasteiger partial charge in [-0.25, -0.2) is 4.98 Å². The molecule has 2 atom stereocenters. The summed E-state index contributed by atoms with van der Waals surface area (Å²) in [6.45, 7) is 2.01. The van der Waals surface area contributed by atoms with Gasteiger partial charge in [-0.2, -0.15) is 13.2 Å². The lowest BCUT2D eigenvalue weighted by atomic mass is 9.85. The monoisotopic (exact) mass is 382 g/mol. The van der Waals surface area contributed by atoms with E-state index >= 15 is 0 Å². The van der Waals surface area contributed by atoms with Crippen molar-refractivity contribution in [1.82, 2.24) is 10.3 Å². The topological polar surface area (TPSA) is 42.0 Å². The molecule has 1 heterocycles. The summed E-state index contributed by atoms with van der Waals surface area (Å²) in [7, 11) is 0. The Kier molecular flexibility index (Phi) is 5.65. The Morgan fingerprint density at radius 2 is 2.00 bits per heavy atom. The minimum absolute atomic E-state index is 0.0269. The summed E-state index contributed by atoms with van der Waals surface area (Å²) in [6.07, 6.45) is -2.87. The molecule has 7 heteroatoms. The Labute approximate surface area is 154 Å². The van der Waals surface area contributed by atoms with E-state index in [9.17, 15) is 18.0 Å². The van der Waals surface area contributed by atoms with Crippen molar-refractivity contribution in [3.8, 4) is 10.6 Å². The maximum atomic E-state index is 12.9. The van der Waals surface area contributed by atoms with E-state index in [-0.39, 0.29) is 25.2 Å². The number of aromatic nitrogens is 1. The molecule has 1 amide bonds. The van der Waals surface area contributed by atoms with Crippen LogP contribution in [0.25, 0.3) is 10.6 Å². The fourth-order valence-electron chi connectivity index (χ4n) is 3.28. The number of carbonyl (C=O) groups excluding carboxylic acids is 1. The molecule has 1 fully saturated rings. The highest BCUT2D eigenvalue weighted by Crippen LogP contribution is 2.37. The maximum Gasteiger partial charge on any atom is 0.391 e. The van der Waals surface area contributed by atoms with Gasteiger partial charge in [0.15, 0.2) is 0 Å². The number of carbonyl (C=O) groups is 1. The number of nitrogens with zero attached hydrogens (tertiary/aromatic N) is 1. The smallest absolute Gasteiger partial charge is 0.353 e. The molecule has 0 bridgehead atoms. The number of aryl methyl sites for hydroxylation is 1. The molecule has 3 nitrogen and oxygen atoms in total. The highest BCUT2D eigenvalue weighted by molar-refractivity contribution is 7.13. The van der Waals surface area contributed by atoms with Crippen LogP contribution >= 0.6 is 11.3 Å². The van der Waals surface area contributed by atoms with Crippen LogP contribution in [0.1, 0.15) is 36.9 Å². The third-order valence-corrected chi connectivity index (χ3v) is 5.63. The molecule has 26 heavy (non-hydrogen) atoms. The number of benzene rings is 1. The van der Waals surface area contributed by atoms with E-state index in [1.54, 1.807) is 0 Å². The minimum Gasteiger partial charge on any atom is -0.353 e. The molecule has 1 saturated carbocycles. The van der Waals surface area contributed by atoms with E-state index in [4.69, 9.17) is 0 Å². The number of thiazole rings is 1. The van der Waals surface area contributed by atoms with E-state index in [1.807, 2.05) is 36.6 Å².